The quantitative estimate of drug-likeness (QED) is 0.258. The van der Waals surface area contributed by atoms with Crippen LogP contribution in [-0.2, 0) is 14.3 Å². The van der Waals surface area contributed by atoms with Gasteiger partial charge in [0.15, 0.2) is 4.80 Å². The summed E-state index contributed by atoms with van der Waals surface area (Å²) >= 11 is 1.24. The Morgan fingerprint density at radius 3 is 2.41 bits per heavy atom. The predicted molar refractivity (Wildman–Crippen MR) is 140 cm³/mol. The topological polar surface area (TPSA) is 96.2 Å². The molecule has 9 heteroatoms. The fraction of sp³-hybridized carbons (Fsp3) is 0.214. The van der Waals surface area contributed by atoms with E-state index < -0.39 is 18.0 Å². The molecule has 3 aromatic rings. The third kappa shape index (κ3) is 5.62. The zero-order chi connectivity index (χ0) is 26.5. The number of fused-ring (bicyclic) bond motifs is 1. The van der Waals surface area contributed by atoms with Gasteiger partial charge in [0.25, 0.3) is 5.56 Å². The summed E-state index contributed by atoms with van der Waals surface area (Å²) in [5.74, 6) is 0.137. The zero-order valence-electron chi connectivity index (χ0n) is 20.7. The van der Waals surface area contributed by atoms with E-state index >= 15 is 0 Å². The van der Waals surface area contributed by atoms with Crippen molar-refractivity contribution in [3.63, 3.8) is 0 Å². The SMILES string of the molecule is C=CCOc1ccc([C@H]2C(C(=O)OCC)=C(C)N=c3s/c(=C\c4ccc(OC(C)=O)cc4)c(=O)n32)cc1. The Bertz CT molecular complexity index is 1550. The number of carbonyl (C=O) groups excluding carboxylic acids is 2. The molecule has 0 bridgehead atoms. The number of thiazole rings is 1. The Balaban J connectivity index is 1.82. The third-order valence-corrected chi connectivity index (χ3v) is 6.50. The van der Waals surface area contributed by atoms with Crippen LogP contribution in [0.15, 0.2) is 82.2 Å². The number of esters is 2. The lowest BCUT2D eigenvalue weighted by atomic mass is 9.96. The van der Waals surface area contributed by atoms with Crippen LogP contribution in [0.4, 0.5) is 0 Å². The Morgan fingerprint density at radius 1 is 1.11 bits per heavy atom. The molecule has 190 valence electrons. The van der Waals surface area contributed by atoms with Crippen molar-refractivity contribution >= 4 is 29.4 Å². The monoisotopic (exact) mass is 518 g/mol. The van der Waals surface area contributed by atoms with Gasteiger partial charge in [0.1, 0.15) is 18.1 Å². The molecule has 0 spiro atoms. The maximum atomic E-state index is 13.7. The minimum absolute atomic E-state index is 0.199. The largest absolute Gasteiger partial charge is 0.490 e. The first kappa shape index (κ1) is 25.8. The van der Waals surface area contributed by atoms with E-state index in [4.69, 9.17) is 14.2 Å². The van der Waals surface area contributed by atoms with E-state index in [0.29, 0.717) is 38.7 Å². The van der Waals surface area contributed by atoms with Crippen molar-refractivity contribution in [3.8, 4) is 11.5 Å². The number of allylic oxidation sites excluding steroid dienone is 1. The van der Waals surface area contributed by atoms with Crippen molar-refractivity contribution < 1.29 is 23.8 Å². The standard InChI is InChI=1S/C28H26N2O6S/c1-5-15-35-21-13-9-20(10-14-21)25-24(27(33)34-6-2)17(3)29-28-30(25)26(32)23(37-28)16-19-7-11-22(12-8-19)36-18(4)31/h5,7-14,16,25H,1,6,15H2,2-4H3/b23-16-/t25-/m0/s1. The lowest BCUT2D eigenvalue weighted by Crippen LogP contribution is -2.39. The highest BCUT2D eigenvalue weighted by Crippen LogP contribution is 2.31. The molecule has 0 saturated carbocycles. The molecule has 8 nitrogen and oxygen atoms in total. The number of hydrogen-bond donors (Lipinski definition) is 0. The second-order valence-corrected chi connectivity index (χ2v) is 9.14. The van der Waals surface area contributed by atoms with E-state index in [1.165, 1.54) is 22.8 Å². The summed E-state index contributed by atoms with van der Waals surface area (Å²) in [7, 11) is 0. The van der Waals surface area contributed by atoms with E-state index in [9.17, 15) is 14.4 Å². The lowest BCUT2D eigenvalue weighted by Gasteiger charge is -2.24. The van der Waals surface area contributed by atoms with Gasteiger partial charge in [-0.15, -0.1) is 0 Å². The number of nitrogens with zero attached hydrogens (tertiary/aromatic N) is 2. The van der Waals surface area contributed by atoms with Gasteiger partial charge in [-0.2, -0.15) is 0 Å². The third-order valence-electron chi connectivity index (χ3n) is 5.52. The van der Waals surface area contributed by atoms with Crippen molar-refractivity contribution in [3.05, 3.63) is 103 Å². The molecule has 37 heavy (non-hydrogen) atoms. The van der Waals surface area contributed by atoms with Gasteiger partial charge in [0.2, 0.25) is 0 Å². The average molecular weight is 519 g/mol. The summed E-state index contributed by atoms with van der Waals surface area (Å²) in [6, 6.07) is 13.3. The molecule has 0 N–H and O–H groups in total. The van der Waals surface area contributed by atoms with E-state index in [1.807, 2.05) is 12.1 Å². The van der Waals surface area contributed by atoms with Gasteiger partial charge in [-0.1, -0.05) is 48.3 Å². The number of ether oxygens (including phenoxy) is 3. The van der Waals surface area contributed by atoms with Crippen molar-refractivity contribution in [2.45, 2.75) is 26.8 Å². The van der Waals surface area contributed by atoms with E-state index in [0.717, 1.165) is 11.1 Å². The molecule has 1 aromatic heterocycles. The second kappa shape index (κ2) is 11.2. The lowest BCUT2D eigenvalue weighted by molar-refractivity contribution is -0.139. The summed E-state index contributed by atoms with van der Waals surface area (Å²) in [5, 5.41) is 0. The van der Waals surface area contributed by atoms with Gasteiger partial charge in [-0.05, 0) is 55.3 Å². The molecule has 1 aliphatic rings. The van der Waals surface area contributed by atoms with E-state index in [2.05, 4.69) is 11.6 Å². The van der Waals surface area contributed by atoms with Gasteiger partial charge >= 0.3 is 11.9 Å². The van der Waals surface area contributed by atoms with Crippen LogP contribution < -0.4 is 24.4 Å². The molecule has 1 aliphatic heterocycles. The Labute approximate surface area is 217 Å². The molecule has 0 saturated heterocycles. The highest BCUT2D eigenvalue weighted by atomic mass is 32.1. The van der Waals surface area contributed by atoms with Crippen LogP contribution in [0.25, 0.3) is 6.08 Å². The Morgan fingerprint density at radius 2 is 1.78 bits per heavy atom. The fourth-order valence-electron chi connectivity index (χ4n) is 3.96. The van der Waals surface area contributed by atoms with Gasteiger partial charge in [0.05, 0.1) is 28.5 Å². The van der Waals surface area contributed by atoms with Crippen molar-refractivity contribution in [1.29, 1.82) is 0 Å². The highest BCUT2D eigenvalue weighted by Gasteiger charge is 2.33. The van der Waals surface area contributed by atoms with Crippen LogP contribution in [0.2, 0.25) is 0 Å². The molecule has 2 heterocycles. The number of rotatable bonds is 8. The molecule has 0 radical (unpaired) electrons. The van der Waals surface area contributed by atoms with Gasteiger partial charge in [-0.25, -0.2) is 9.79 Å². The molecular weight excluding hydrogens is 492 g/mol. The Hall–Kier alpha value is -4.24. The Kier molecular flexibility index (Phi) is 7.83. The first-order chi connectivity index (χ1) is 17.8. The van der Waals surface area contributed by atoms with Gasteiger partial charge in [0, 0.05) is 6.92 Å². The molecule has 0 unspecified atom stereocenters. The fourth-order valence-corrected chi connectivity index (χ4v) is 5.00. The van der Waals surface area contributed by atoms with Crippen molar-refractivity contribution in [2.75, 3.05) is 13.2 Å². The van der Waals surface area contributed by atoms with Crippen LogP contribution in [0.1, 0.15) is 37.9 Å². The van der Waals surface area contributed by atoms with Crippen LogP contribution in [0, 0.1) is 0 Å². The summed E-state index contributed by atoms with van der Waals surface area (Å²) in [6.07, 6.45) is 3.40. The normalized spacial score (nSPS) is 15.0. The van der Waals surface area contributed by atoms with Crippen molar-refractivity contribution in [2.24, 2.45) is 4.99 Å². The predicted octanol–water partition coefficient (Wildman–Crippen LogP) is 3.29. The summed E-state index contributed by atoms with van der Waals surface area (Å²) in [4.78, 5) is 42.9. The first-order valence-corrected chi connectivity index (χ1v) is 12.5. The molecular formula is C28H26N2O6S. The zero-order valence-corrected chi connectivity index (χ0v) is 21.5. The average Bonchev–Trinajstić information content (AvgIpc) is 3.17. The number of aromatic nitrogens is 1. The van der Waals surface area contributed by atoms with Crippen LogP contribution in [-0.4, -0.2) is 29.7 Å². The molecule has 0 amide bonds. The smallest absolute Gasteiger partial charge is 0.338 e. The van der Waals surface area contributed by atoms with Gasteiger partial charge < -0.3 is 14.2 Å². The van der Waals surface area contributed by atoms with Crippen LogP contribution in [0.3, 0.4) is 0 Å². The van der Waals surface area contributed by atoms with Crippen LogP contribution in [0.5, 0.6) is 11.5 Å². The number of hydrogen-bond acceptors (Lipinski definition) is 8. The maximum Gasteiger partial charge on any atom is 0.338 e. The second-order valence-electron chi connectivity index (χ2n) is 8.13. The minimum atomic E-state index is -0.711. The maximum absolute atomic E-state index is 13.7. The highest BCUT2D eigenvalue weighted by molar-refractivity contribution is 7.07. The van der Waals surface area contributed by atoms with Crippen molar-refractivity contribution in [1.82, 2.24) is 4.57 Å². The molecule has 0 aliphatic carbocycles. The molecule has 4 rings (SSSR count). The number of carbonyl (C=O) groups is 2. The van der Waals surface area contributed by atoms with E-state index in [-0.39, 0.29) is 12.2 Å². The minimum Gasteiger partial charge on any atom is -0.490 e. The molecule has 2 aromatic carbocycles. The summed E-state index contributed by atoms with van der Waals surface area (Å²) in [5.41, 5.74) is 2.00. The van der Waals surface area contributed by atoms with Crippen LogP contribution >= 0.6 is 11.3 Å². The summed E-state index contributed by atoms with van der Waals surface area (Å²) in [6.45, 7) is 9.02. The number of benzene rings is 2. The summed E-state index contributed by atoms with van der Waals surface area (Å²) < 4.78 is 18.0. The van der Waals surface area contributed by atoms with E-state index in [1.54, 1.807) is 62.4 Å². The van der Waals surface area contributed by atoms with Gasteiger partial charge in [-0.3, -0.25) is 14.2 Å². The molecule has 1 atom stereocenters. The molecule has 0 fully saturated rings. The first-order valence-electron chi connectivity index (χ1n) is 11.6.